The van der Waals surface area contributed by atoms with Crippen LogP contribution in [0.1, 0.15) is 0 Å². The lowest BCUT2D eigenvalue weighted by molar-refractivity contribution is 0.670. The molecular weight excluding hydrogens is 619 g/mol. The van der Waals surface area contributed by atoms with E-state index >= 15 is 0 Å². The van der Waals surface area contributed by atoms with E-state index in [0.717, 1.165) is 75.5 Å². The second kappa shape index (κ2) is 11.0. The van der Waals surface area contributed by atoms with Gasteiger partial charge < -0.3 is 4.42 Å². The molecule has 4 heteroatoms. The zero-order valence-electron chi connectivity index (χ0n) is 26.3. The molecule has 1 unspecified atom stereocenters. The first-order chi connectivity index (χ1) is 24.2. The first-order valence-corrected chi connectivity index (χ1v) is 17.5. The van der Waals surface area contributed by atoms with Gasteiger partial charge in [-0.15, -0.1) is 0 Å². The van der Waals surface area contributed by atoms with Crippen molar-refractivity contribution in [1.82, 2.24) is 4.98 Å². The quantitative estimate of drug-likeness (QED) is 0.179. The van der Waals surface area contributed by atoms with Crippen molar-refractivity contribution in [1.29, 1.82) is 0 Å². The number of aromatic nitrogens is 1. The van der Waals surface area contributed by atoms with E-state index < -0.39 is 10.8 Å². The van der Waals surface area contributed by atoms with Gasteiger partial charge in [0.15, 0.2) is 0 Å². The Morgan fingerprint density at radius 2 is 1.06 bits per heavy atom. The molecule has 2 aromatic heterocycles. The number of pyridine rings is 1. The largest absolute Gasteiger partial charge is 0.455 e. The molecule has 0 saturated carbocycles. The second-order valence-electron chi connectivity index (χ2n) is 12.4. The minimum Gasteiger partial charge on any atom is -0.455 e. The third kappa shape index (κ3) is 4.28. The molecule has 0 aliphatic heterocycles. The van der Waals surface area contributed by atoms with Crippen LogP contribution in [0.3, 0.4) is 0 Å². The molecule has 8 aromatic carbocycles. The predicted molar refractivity (Wildman–Crippen MR) is 204 cm³/mol. The number of hydrogen-bond donors (Lipinski definition) is 0. The lowest BCUT2D eigenvalue weighted by Gasteiger charge is -2.18. The molecule has 10 aromatic rings. The molecule has 3 nitrogen and oxygen atoms in total. The molecule has 0 N–H and O–H groups in total. The smallest absolute Gasteiger partial charge is 0.143 e. The first-order valence-electron chi connectivity index (χ1n) is 16.4. The van der Waals surface area contributed by atoms with Gasteiger partial charge in [-0.05, 0) is 90.6 Å². The summed E-state index contributed by atoms with van der Waals surface area (Å²) in [7, 11) is -1.33. The minimum absolute atomic E-state index is 0.733. The van der Waals surface area contributed by atoms with Crippen LogP contribution >= 0.6 is 0 Å². The molecule has 0 bridgehead atoms. The zero-order chi connectivity index (χ0) is 32.5. The van der Waals surface area contributed by atoms with Crippen LogP contribution in [0.25, 0.3) is 87.3 Å². The molecule has 0 fully saturated rings. The van der Waals surface area contributed by atoms with E-state index in [1.807, 2.05) is 24.3 Å². The Hall–Kier alpha value is -6.10. The van der Waals surface area contributed by atoms with Gasteiger partial charge in [-0.2, -0.15) is 0 Å². The standard InChI is InChI=1S/C45H27NO2S/c47-49(31-22-24-46-25-23-31)32-13-9-12-30(26-32)41-35-16-5-7-18-37(35)42(38-19-8-6-17-36(38)41)39-27-29-11-2-4-15-34(29)44-43-33-14-3-1-10-28(33)20-21-40(43)48-45(39)44/h1-27H. The summed E-state index contributed by atoms with van der Waals surface area (Å²) in [4.78, 5) is 5.60. The number of rotatable bonds is 4. The van der Waals surface area contributed by atoms with E-state index in [1.54, 1.807) is 12.4 Å². The highest BCUT2D eigenvalue weighted by Gasteiger charge is 2.23. The molecule has 0 amide bonds. The first kappa shape index (κ1) is 28.0. The fraction of sp³-hybridized carbons (Fsp3) is 0. The molecule has 1 atom stereocenters. The zero-order valence-corrected chi connectivity index (χ0v) is 27.1. The van der Waals surface area contributed by atoms with E-state index in [0.29, 0.717) is 0 Å². The van der Waals surface area contributed by atoms with Gasteiger partial charge in [-0.3, -0.25) is 4.98 Å². The van der Waals surface area contributed by atoms with Crippen molar-refractivity contribution >= 4 is 75.8 Å². The summed E-state index contributed by atoms with van der Waals surface area (Å²) in [6.45, 7) is 0. The maximum atomic E-state index is 13.7. The van der Waals surface area contributed by atoms with Crippen LogP contribution in [-0.4, -0.2) is 9.19 Å². The van der Waals surface area contributed by atoms with Crippen molar-refractivity contribution in [3.8, 4) is 22.3 Å². The van der Waals surface area contributed by atoms with E-state index in [1.165, 1.54) is 21.5 Å². The molecular formula is C45H27NO2S. The van der Waals surface area contributed by atoms with Crippen LogP contribution in [-0.2, 0) is 10.8 Å². The SMILES string of the molecule is O=S(c1ccncc1)c1cccc(-c2c3ccccc3c(-c3cc4ccccc4c4c3oc3ccc5ccccc5c34)c3ccccc23)c1. The predicted octanol–water partition coefficient (Wildman–Crippen LogP) is 12.1. The Kier molecular flexibility index (Phi) is 6.27. The molecule has 0 aliphatic rings. The van der Waals surface area contributed by atoms with Crippen LogP contribution in [0.2, 0.25) is 0 Å². The molecule has 0 aliphatic carbocycles. The molecule has 49 heavy (non-hydrogen) atoms. The second-order valence-corrected chi connectivity index (χ2v) is 13.9. The number of nitrogens with zero attached hydrogens (tertiary/aromatic N) is 1. The highest BCUT2D eigenvalue weighted by molar-refractivity contribution is 7.85. The van der Waals surface area contributed by atoms with Gasteiger partial charge >= 0.3 is 0 Å². The number of fused-ring (bicyclic) bond motifs is 9. The average molecular weight is 646 g/mol. The summed E-state index contributed by atoms with van der Waals surface area (Å²) in [6.07, 6.45) is 3.37. The summed E-state index contributed by atoms with van der Waals surface area (Å²) in [6, 6.07) is 52.8. The summed E-state index contributed by atoms with van der Waals surface area (Å²) >= 11 is 0. The van der Waals surface area contributed by atoms with E-state index in [-0.39, 0.29) is 0 Å². The fourth-order valence-corrected chi connectivity index (χ4v) is 8.74. The van der Waals surface area contributed by atoms with Gasteiger partial charge in [0.1, 0.15) is 11.2 Å². The van der Waals surface area contributed by atoms with E-state index in [2.05, 4.69) is 132 Å². The van der Waals surface area contributed by atoms with Crippen molar-refractivity contribution in [3.63, 3.8) is 0 Å². The highest BCUT2D eigenvalue weighted by atomic mass is 32.2. The van der Waals surface area contributed by atoms with Crippen molar-refractivity contribution in [2.45, 2.75) is 9.79 Å². The maximum absolute atomic E-state index is 13.7. The topological polar surface area (TPSA) is 43.1 Å². The monoisotopic (exact) mass is 645 g/mol. The Morgan fingerprint density at radius 3 is 1.76 bits per heavy atom. The Labute approximate surface area is 284 Å². The molecule has 0 radical (unpaired) electrons. The van der Waals surface area contributed by atoms with Crippen molar-refractivity contribution in [2.75, 3.05) is 0 Å². The van der Waals surface area contributed by atoms with Crippen molar-refractivity contribution in [3.05, 3.63) is 164 Å². The number of hydrogen-bond acceptors (Lipinski definition) is 3. The van der Waals surface area contributed by atoms with Gasteiger partial charge in [-0.25, -0.2) is 4.21 Å². The molecule has 0 saturated heterocycles. The van der Waals surface area contributed by atoms with Gasteiger partial charge in [0.05, 0.1) is 10.8 Å². The molecule has 10 rings (SSSR count). The molecule has 0 spiro atoms. The normalized spacial score (nSPS) is 12.5. The number of benzene rings is 8. The van der Waals surface area contributed by atoms with Gasteiger partial charge in [0, 0.05) is 44.1 Å². The van der Waals surface area contributed by atoms with Crippen LogP contribution in [0, 0.1) is 0 Å². The number of furan rings is 1. The third-order valence-electron chi connectivity index (χ3n) is 9.76. The highest BCUT2D eigenvalue weighted by Crippen LogP contribution is 2.49. The van der Waals surface area contributed by atoms with Gasteiger partial charge in [-0.1, -0.05) is 115 Å². The molecule has 230 valence electrons. The fourth-order valence-electron chi connectivity index (χ4n) is 7.67. The minimum atomic E-state index is -1.33. The summed E-state index contributed by atoms with van der Waals surface area (Å²) in [5.41, 5.74) is 6.14. The van der Waals surface area contributed by atoms with Gasteiger partial charge in [0.25, 0.3) is 0 Å². The lowest BCUT2D eigenvalue weighted by Crippen LogP contribution is -1.95. The lowest BCUT2D eigenvalue weighted by atomic mass is 9.85. The summed E-state index contributed by atoms with van der Waals surface area (Å²) < 4.78 is 20.6. The Bertz CT molecular complexity index is 2900. The van der Waals surface area contributed by atoms with Crippen LogP contribution in [0.15, 0.2) is 178 Å². The molecule has 2 heterocycles. The Balaban J connectivity index is 1.32. The maximum Gasteiger partial charge on any atom is 0.143 e. The van der Waals surface area contributed by atoms with E-state index in [4.69, 9.17) is 4.42 Å². The summed E-state index contributed by atoms with van der Waals surface area (Å²) in [5, 5.41) is 11.6. The summed E-state index contributed by atoms with van der Waals surface area (Å²) in [5.74, 6) is 0. The van der Waals surface area contributed by atoms with Crippen LogP contribution in [0.4, 0.5) is 0 Å². The van der Waals surface area contributed by atoms with E-state index in [9.17, 15) is 4.21 Å². The van der Waals surface area contributed by atoms with Crippen LogP contribution < -0.4 is 0 Å². The van der Waals surface area contributed by atoms with Crippen molar-refractivity contribution in [2.24, 2.45) is 0 Å². The third-order valence-corrected chi connectivity index (χ3v) is 11.1. The average Bonchev–Trinajstić information content (AvgIpc) is 3.58. The van der Waals surface area contributed by atoms with Gasteiger partial charge in [0.2, 0.25) is 0 Å². The van der Waals surface area contributed by atoms with Crippen LogP contribution in [0.5, 0.6) is 0 Å². The Morgan fingerprint density at radius 1 is 0.469 bits per heavy atom. The van der Waals surface area contributed by atoms with Crippen molar-refractivity contribution < 1.29 is 8.63 Å².